The number of hydrogen-bond acceptors (Lipinski definition) is 3. The molecule has 1 aromatic rings. The summed E-state index contributed by atoms with van der Waals surface area (Å²) in [5.41, 5.74) is -0.266. The zero-order valence-corrected chi connectivity index (χ0v) is 11.9. The number of aryl methyl sites for hydroxylation is 2. The summed E-state index contributed by atoms with van der Waals surface area (Å²) in [6.07, 6.45) is 3.99. The number of carbonyl (C=O) groups excluding carboxylic acids is 1. The quantitative estimate of drug-likeness (QED) is 0.897. The predicted molar refractivity (Wildman–Crippen MR) is 70.4 cm³/mol. The number of rotatable bonds is 4. The highest BCUT2D eigenvalue weighted by Crippen LogP contribution is 2.05. The van der Waals surface area contributed by atoms with E-state index in [1.807, 2.05) is 45.4 Å². The SMILES string of the molecule is Cc1nccn1CCC(C)OC(=O)NC(C)(C)C. The van der Waals surface area contributed by atoms with E-state index in [9.17, 15) is 4.79 Å². The molecule has 0 saturated carbocycles. The Morgan fingerprint density at radius 1 is 1.56 bits per heavy atom. The molecule has 1 atom stereocenters. The molecule has 1 unspecified atom stereocenters. The number of carbonyl (C=O) groups is 1. The Kier molecular flexibility index (Phi) is 4.76. The van der Waals surface area contributed by atoms with Gasteiger partial charge in [-0.3, -0.25) is 0 Å². The number of amides is 1. The van der Waals surface area contributed by atoms with Gasteiger partial charge in [0, 0.05) is 30.9 Å². The summed E-state index contributed by atoms with van der Waals surface area (Å²) >= 11 is 0. The van der Waals surface area contributed by atoms with Crippen LogP contribution < -0.4 is 5.32 Å². The van der Waals surface area contributed by atoms with Crippen molar-refractivity contribution in [1.82, 2.24) is 14.9 Å². The summed E-state index contributed by atoms with van der Waals surface area (Å²) in [5.74, 6) is 0.973. The largest absolute Gasteiger partial charge is 0.446 e. The van der Waals surface area contributed by atoms with E-state index < -0.39 is 0 Å². The van der Waals surface area contributed by atoms with Crippen LogP contribution in [-0.4, -0.2) is 27.3 Å². The van der Waals surface area contributed by atoms with Crippen LogP contribution >= 0.6 is 0 Å². The van der Waals surface area contributed by atoms with Gasteiger partial charge in [0.25, 0.3) is 0 Å². The van der Waals surface area contributed by atoms with Crippen molar-refractivity contribution in [2.75, 3.05) is 0 Å². The summed E-state index contributed by atoms with van der Waals surface area (Å²) in [6, 6.07) is 0. The first-order valence-corrected chi connectivity index (χ1v) is 6.24. The number of hydrogen-bond donors (Lipinski definition) is 1. The van der Waals surface area contributed by atoms with Crippen LogP contribution in [0.1, 0.15) is 39.9 Å². The van der Waals surface area contributed by atoms with Crippen LogP contribution in [0, 0.1) is 6.92 Å². The van der Waals surface area contributed by atoms with Crippen LogP contribution in [0.2, 0.25) is 0 Å². The predicted octanol–water partition coefficient (Wildman–Crippen LogP) is 2.49. The zero-order chi connectivity index (χ0) is 13.8. The van der Waals surface area contributed by atoms with Crippen LogP contribution in [0.3, 0.4) is 0 Å². The monoisotopic (exact) mass is 253 g/mol. The van der Waals surface area contributed by atoms with Crippen molar-refractivity contribution in [3.05, 3.63) is 18.2 Å². The zero-order valence-electron chi connectivity index (χ0n) is 11.9. The third-order valence-corrected chi connectivity index (χ3v) is 2.49. The highest BCUT2D eigenvalue weighted by Gasteiger charge is 2.16. The number of ether oxygens (including phenoxy) is 1. The van der Waals surface area contributed by atoms with Crippen molar-refractivity contribution in [2.24, 2.45) is 0 Å². The topological polar surface area (TPSA) is 56.2 Å². The summed E-state index contributed by atoms with van der Waals surface area (Å²) in [7, 11) is 0. The first-order valence-electron chi connectivity index (χ1n) is 6.24. The van der Waals surface area contributed by atoms with E-state index in [-0.39, 0.29) is 17.7 Å². The summed E-state index contributed by atoms with van der Waals surface area (Å²) in [5, 5.41) is 2.77. The molecule has 102 valence electrons. The van der Waals surface area contributed by atoms with Crippen LogP contribution in [0.4, 0.5) is 4.79 Å². The van der Waals surface area contributed by atoms with E-state index in [0.29, 0.717) is 0 Å². The van der Waals surface area contributed by atoms with E-state index in [2.05, 4.69) is 10.3 Å². The molecule has 5 nitrogen and oxygen atoms in total. The van der Waals surface area contributed by atoms with Gasteiger partial charge in [-0.1, -0.05) is 0 Å². The van der Waals surface area contributed by atoms with Crippen LogP contribution in [0.5, 0.6) is 0 Å². The van der Waals surface area contributed by atoms with E-state index in [0.717, 1.165) is 18.8 Å². The second-order valence-electron chi connectivity index (χ2n) is 5.55. The minimum absolute atomic E-state index is 0.117. The minimum atomic E-state index is -0.364. The fraction of sp³-hybridized carbons (Fsp3) is 0.692. The van der Waals surface area contributed by atoms with E-state index in [4.69, 9.17) is 4.74 Å². The number of alkyl carbamates (subject to hydrolysis) is 1. The van der Waals surface area contributed by atoms with Gasteiger partial charge in [-0.15, -0.1) is 0 Å². The minimum Gasteiger partial charge on any atom is -0.446 e. The molecule has 0 aromatic carbocycles. The molecule has 0 aliphatic heterocycles. The lowest BCUT2D eigenvalue weighted by atomic mass is 10.1. The maximum atomic E-state index is 11.5. The van der Waals surface area contributed by atoms with Crippen LogP contribution in [0.15, 0.2) is 12.4 Å². The first kappa shape index (κ1) is 14.5. The molecule has 0 radical (unpaired) electrons. The molecule has 1 rings (SSSR count). The van der Waals surface area contributed by atoms with Gasteiger partial charge in [-0.05, 0) is 34.6 Å². The van der Waals surface area contributed by atoms with Gasteiger partial charge in [-0.25, -0.2) is 9.78 Å². The lowest BCUT2D eigenvalue weighted by Crippen LogP contribution is -2.42. The lowest BCUT2D eigenvalue weighted by molar-refractivity contribution is 0.0932. The molecular weight excluding hydrogens is 230 g/mol. The Labute approximate surface area is 109 Å². The molecular formula is C13H23N3O2. The highest BCUT2D eigenvalue weighted by atomic mass is 16.6. The van der Waals surface area contributed by atoms with Crippen molar-refractivity contribution < 1.29 is 9.53 Å². The van der Waals surface area contributed by atoms with Crippen molar-refractivity contribution >= 4 is 6.09 Å². The van der Waals surface area contributed by atoms with Crippen molar-refractivity contribution in [2.45, 2.75) is 59.2 Å². The number of nitrogens with one attached hydrogen (secondary N) is 1. The third kappa shape index (κ3) is 5.21. The van der Waals surface area contributed by atoms with E-state index >= 15 is 0 Å². The Hall–Kier alpha value is -1.52. The summed E-state index contributed by atoms with van der Waals surface area (Å²) < 4.78 is 7.32. The second kappa shape index (κ2) is 5.89. The van der Waals surface area contributed by atoms with Crippen molar-refractivity contribution in [1.29, 1.82) is 0 Å². The molecule has 1 heterocycles. The number of aromatic nitrogens is 2. The van der Waals surface area contributed by atoms with Gasteiger partial charge in [0.05, 0.1) is 0 Å². The van der Waals surface area contributed by atoms with E-state index in [1.165, 1.54) is 0 Å². The van der Waals surface area contributed by atoms with Crippen LogP contribution in [-0.2, 0) is 11.3 Å². The molecule has 1 aromatic heterocycles. The number of imidazole rings is 1. The normalized spacial score (nSPS) is 13.2. The van der Waals surface area contributed by atoms with E-state index in [1.54, 1.807) is 6.20 Å². The molecule has 5 heteroatoms. The molecule has 0 bridgehead atoms. The van der Waals surface area contributed by atoms with Gasteiger partial charge < -0.3 is 14.6 Å². The molecule has 1 N–H and O–H groups in total. The molecule has 0 saturated heterocycles. The summed E-state index contributed by atoms with van der Waals surface area (Å²) in [4.78, 5) is 15.7. The maximum absolute atomic E-state index is 11.5. The van der Waals surface area contributed by atoms with Gasteiger partial charge in [0.1, 0.15) is 11.9 Å². The third-order valence-electron chi connectivity index (χ3n) is 2.49. The van der Waals surface area contributed by atoms with Gasteiger partial charge >= 0.3 is 6.09 Å². The lowest BCUT2D eigenvalue weighted by Gasteiger charge is -2.22. The fourth-order valence-electron chi connectivity index (χ4n) is 1.54. The van der Waals surface area contributed by atoms with Gasteiger partial charge in [-0.2, -0.15) is 0 Å². The first-order chi connectivity index (χ1) is 8.28. The molecule has 0 spiro atoms. The average Bonchev–Trinajstić information content (AvgIpc) is 2.57. The average molecular weight is 253 g/mol. The molecule has 1 amide bonds. The second-order valence-corrected chi connectivity index (χ2v) is 5.55. The Morgan fingerprint density at radius 2 is 2.22 bits per heavy atom. The highest BCUT2D eigenvalue weighted by molar-refractivity contribution is 5.68. The maximum Gasteiger partial charge on any atom is 0.407 e. The van der Waals surface area contributed by atoms with Crippen molar-refractivity contribution in [3.8, 4) is 0 Å². The molecule has 0 aliphatic carbocycles. The smallest absolute Gasteiger partial charge is 0.407 e. The Morgan fingerprint density at radius 3 is 2.72 bits per heavy atom. The van der Waals surface area contributed by atoms with Gasteiger partial charge in [0.15, 0.2) is 0 Å². The van der Waals surface area contributed by atoms with Crippen molar-refractivity contribution in [3.63, 3.8) is 0 Å². The molecule has 0 fully saturated rings. The Balaban J connectivity index is 2.32. The standard InChI is InChI=1S/C13H23N3O2/c1-10(18-12(17)15-13(3,4)5)6-8-16-9-7-14-11(16)2/h7,9-10H,6,8H2,1-5H3,(H,15,17). The fourth-order valence-corrected chi connectivity index (χ4v) is 1.54. The molecule has 18 heavy (non-hydrogen) atoms. The van der Waals surface area contributed by atoms with Crippen LogP contribution in [0.25, 0.3) is 0 Å². The Bertz CT molecular complexity index is 393. The molecule has 0 aliphatic rings. The summed E-state index contributed by atoms with van der Waals surface area (Å²) in [6.45, 7) is 10.4. The number of nitrogens with zero attached hydrogens (tertiary/aromatic N) is 2. The van der Waals surface area contributed by atoms with Gasteiger partial charge in [0.2, 0.25) is 0 Å².